The lowest BCUT2D eigenvalue weighted by atomic mass is 10.1. The quantitative estimate of drug-likeness (QED) is 0.689. The third-order valence-corrected chi connectivity index (χ3v) is 3.76. The fourth-order valence-electron chi connectivity index (χ4n) is 2.61. The van der Waals surface area contributed by atoms with Gasteiger partial charge in [-0.25, -0.2) is 4.39 Å². The summed E-state index contributed by atoms with van der Waals surface area (Å²) in [5.41, 5.74) is 1.88. The van der Waals surface area contributed by atoms with Crippen molar-refractivity contribution in [2.75, 3.05) is 13.2 Å². The largest absolute Gasteiger partial charge is 0.453 e. The van der Waals surface area contributed by atoms with Crippen molar-refractivity contribution < 1.29 is 23.1 Å². The Bertz CT molecular complexity index is 860. The molecule has 116 valence electrons. The molecule has 1 aromatic heterocycles. The minimum atomic E-state index is -0.382. The minimum Gasteiger partial charge on any atom is -0.453 e. The molecule has 1 saturated heterocycles. The summed E-state index contributed by atoms with van der Waals surface area (Å²) in [5, 5.41) is 0.798. The van der Waals surface area contributed by atoms with Gasteiger partial charge in [0.1, 0.15) is 11.4 Å². The summed E-state index contributed by atoms with van der Waals surface area (Å²) in [5.74, 6) is -0.444. The summed E-state index contributed by atoms with van der Waals surface area (Å²) < 4.78 is 29.5. The molecule has 4 rings (SSSR count). The predicted octanol–water partition coefficient (Wildman–Crippen LogP) is 3.85. The van der Waals surface area contributed by atoms with Gasteiger partial charge in [0.25, 0.3) is 0 Å². The van der Waals surface area contributed by atoms with E-state index in [9.17, 15) is 9.18 Å². The highest BCUT2D eigenvalue weighted by molar-refractivity contribution is 6.09. The van der Waals surface area contributed by atoms with Gasteiger partial charge in [-0.15, -0.1) is 0 Å². The van der Waals surface area contributed by atoms with E-state index < -0.39 is 0 Å². The number of carbonyl (C=O) groups is 1. The normalized spacial score (nSPS) is 15.3. The average molecular weight is 312 g/mol. The van der Waals surface area contributed by atoms with Crippen molar-refractivity contribution in [2.24, 2.45) is 0 Å². The second kappa shape index (κ2) is 5.61. The predicted molar refractivity (Wildman–Crippen MR) is 80.7 cm³/mol. The van der Waals surface area contributed by atoms with Crippen LogP contribution in [0.3, 0.4) is 0 Å². The van der Waals surface area contributed by atoms with Gasteiger partial charge in [-0.3, -0.25) is 4.79 Å². The number of ether oxygens (including phenoxy) is 2. The molecule has 4 nitrogen and oxygen atoms in total. The molecule has 2 heterocycles. The van der Waals surface area contributed by atoms with E-state index in [0.717, 1.165) is 10.9 Å². The molecule has 0 radical (unpaired) electrons. The molecule has 0 spiro atoms. The van der Waals surface area contributed by atoms with Crippen molar-refractivity contribution in [1.82, 2.24) is 0 Å². The fraction of sp³-hybridized carbons (Fsp3) is 0.167. The maximum atomic E-state index is 13.0. The Hall–Kier alpha value is -2.50. The lowest BCUT2D eigenvalue weighted by molar-refractivity contribution is -0.0440. The Kier molecular flexibility index (Phi) is 3.44. The topological polar surface area (TPSA) is 48.7 Å². The zero-order chi connectivity index (χ0) is 15.8. The van der Waals surface area contributed by atoms with E-state index in [4.69, 9.17) is 13.9 Å². The summed E-state index contributed by atoms with van der Waals surface area (Å²) in [4.78, 5) is 12.4. The number of carbonyl (C=O) groups excluding carboxylic acids is 1. The Morgan fingerprint density at radius 3 is 2.48 bits per heavy atom. The van der Waals surface area contributed by atoms with Crippen LogP contribution in [0.1, 0.15) is 28.0 Å². The molecule has 1 aliphatic rings. The van der Waals surface area contributed by atoms with Crippen LogP contribution in [0.5, 0.6) is 0 Å². The number of fused-ring (bicyclic) bond motifs is 1. The van der Waals surface area contributed by atoms with Gasteiger partial charge in [-0.1, -0.05) is 6.07 Å². The monoisotopic (exact) mass is 312 g/mol. The molecule has 1 aliphatic heterocycles. The summed E-state index contributed by atoms with van der Waals surface area (Å²) in [7, 11) is 0. The summed E-state index contributed by atoms with van der Waals surface area (Å²) in [6, 6.07) is 12.6. The molecule has 0 amide bonds. The molecular weight excluding hydrogens is 299 g/mol. The van der Waals surface area contributed by atoms with E-state index in [-0.39, 0.29) is 23.7 Å². The molecule has 5 heteroatoms. The molecule has 3 aromatic rings. The van der Waals surface area contributed by atoms with Gasteiger partial charge < -0.3 is 13.9 Å². The average Bonchev–Trinajstić information content (AvgIpc) is 3.23. The number of halogens is 1. The highest BCUT2D eigenvalue weighted by atomic mass is 19.1. The first-order chi connectivity index (χ1) is 11.2. The smallest absolute Gasteiger partial charge is 0.228 e. The lowest BCUT2D eigenvalue weighted by Gasteiger charge is -2.08. The first kappa shape index (κ1) is 14.1. The van der Waals surface area contributed by atoms with Gasteiger partial charge in [0, 0.05) is 16.5 Å². The van der Waals surface area contributed by atoms with Crippen molar-refractivity contribution in [3.05, 3.63) is 71.2 Å². The highest BCUT2D eigenvalue weighted by Crippen LogP contribution is 2.28. The molecule has 0 unspecified atom stereocenters. The molecule has 1 fully saturated rings. The molecule has 0 saturated carbocycles. The Labute approximate surface area is 131 Å². The van der Waals surface area contributed by atoms with Crippen LogP contribution >= 0.6 is 0 Å². The van der Waals surface area contributed by atoms with Gasteiger partial charge in [0.2, 0.25) is 5.78 Å². The van der Waals surface area contributed by atoms with Crippen LogP contribution in [0.4, 0.5) is 4.39 Å². The van der Waals surface area contributed by atoms with Crippen molar-refractivity contribution in [1.29, 1.82) is 0 Å². The fourth-order valence-corrected chi connectivity index (χ4v) is 2.61. The van der Waals surface area contributed by atoms with Crippen molar-refractivity contribution in [3.8, 4) is 0 Å². The Balaban J connectivity index is 1.68. The van der Waals surface area contributed by atoms with Gasteiger partial charge in [-0.2, -0.15) is 0 Å². The minimum absolute atomic E-state index is 0.219. The molecular formula is C18H13FO4. The Morgan fingerprint density at radius 1 is 1.00 bits per heavy atom. The van der Waals surface area contributed by atoms with E-state index in [0.29, 0.717) is 24.4 Å². The zero-order valence-electron chi connectivity index (χ0n) is 12.1. The van der Waals surface area contributed by atoms with Crippen LogP contribution in [0.15, 0.2) is 52.9 Å². The summed E-state index contributed by atoms with van der Waals surface area (Å²) in [6.45, 7) is 1.14. The standard InChI is InChI=1S/C18H13FO4/c19-14-4-1-11(2-5-14)17(20)16-10-13-9-12(3-6-15(13)23-16)18-21-7-8-22-18/h1-6,9-10,18H,7-8H2. The number of hydrogen-bond acceptors (Lipinski definition) is 4. The Morgan fingerprint density at radius 2 is 1.74 bits per heavy atom. The highest BCUT2D eigenvalue weighted by Gasteiger charge is 2.20. The third kappa shape index (κ3) is 2.65. The molecule has 0 N–H and O–H groups in total. The second-order valence-corrected chi connectivity index (χ2v) is 5.32. The van der Waals surface area contributed by atoms with Crippen LogP contribution in [-0.2, 0) is 9.47 Å². The first-order valence-electron chi connectivity index (χ1n) is 7.28. The summed E-state index contributed by atoms with van der Waals surface area (Å²) in [6.07, 6.45) is -0.370. The van der Waals surface area contributed by atoms with Crippen LogP contribution < -0.4 is 0 Å². The van der Waals surface area contributed by atoms with Crippen LogP contribution in [0.2, 0.25) is 0 Å². The molecule has 23 heavy (non-hydrogen) atoms. The first-order valence-corrected chi connectivity index (χ1v) is 7.28. The van der Waals surface area contributed by atoms with Gasteiger partial charge in [0.05, 0.1) is 13.2 Å². The lowest BCUT2D eigenvalue weighted by Crippen LogP contribution is -1.99. The maximum absolute atomic E-state index is 13.0. The number of furan rings is 1. The van der Waals surface area contributed by atoms with E-state index >= 15 is 0 Å². The molecule has 0 bridgehead atoms. The van der Waals surface area contributed by atoms with Crippen LogP contribution in [0, 0.1) is 5.82 Å². The number of hydrogen-bond donors (Lipinski definition) is 0. The van der Waals surface area contributed by atoms with E-state index in [1.807, 2.05) is 12.1 Å². The van der Waals surface area contributed by atoms with Crippen molar-refractivity contribution >= 4 is 16.8 Å². The second-order valence-electron chi connectivity index (χ2n) is 5.32. The number of ketones is 1. The van der Waals surface area contributed by atoms with E-state index in [2.05, 4.69) is 0 Å². The molecule has 2 aromatic carbocycles. The zero-order valence-corrected chi connectivity index (χ0v) is 12.1. The van der Waals surface area contributed by atoms with E-state index in [1.165, 1.54) is 24.3 Å². The number of rotatable bonds is 3. The maximum Gasteiger partial charge on any atom is 0.228 e. The van der Waals surface area contributed by atoms with Gasteiger partial charge >= 0.3 is 0 Å². The number of benzene rings is 2. The van der Waals surface area contributed by atoms with Gasteiger partial charge in [0.15, 0.2) is 12.1 Å². The van der Waals surface area contributed by atoms with Crippen LogP contribution in [0.25, 0.3) is 11.0 Å². The summed E-state index contributed by atoms with van der Waals surface area (Å²) >= 11 is 0. The molecule has 0 aliphatic carbocycles. The van der Waals surface area contributed by atoms with Crippen molar-refractivity contribution in [2.45, 2.75) is 6.29 Å². The third-order valence-electron chi connectivity index (χ3n) is 3.76. The van der Waals surface area contributed by atoms with Crippen LogP contribution in [-0.4, -0.2) is 19.0 Å². The van der Waals surface area contributed by atoms with Crippen molar-refractivity contribution in [3.63, 3.8) is 0 Å². The molecule has 0 atom stereocenters. The van der Waals surface area contributed by atoms with E-state index in [1.54, 1.807) is 12.1 Å². The SMILES string of the molecule is O=C(c1ccc(F)cc1)c1cc2cc(C3OCCO3)ccc2o1. The van der Waals surface area contributed by atoms with Gasteiger partial charge in [-0.05, 0) is 42.5 Å².